The average molecular weight is 471 g/mol. The van der Waals surface area contributed by atoms with Gasteiger partial charge in [0, 0.05) is 56.9 Å². The third-order valence-corrected chi connectivity index (χ3v) is 6.38. The molecular weight excluding hydrogens is 447 g/mol. The van der Waals surface area contributed by atoms with Gasteiger partial charge in [-0.2, -0.15) is 18.4 Å². The monoisotopic (exact) mass is 471 g/mol. The zero-order chi connectivity index (χ0) is 24.3. The van der Waals surface area contributed by atoms with Crippen molar-refractivity contribution in [2.24, 2.45) is 5.92 Å². The first-order chi connectivity index (χ1) is 16.3. The number of amides is 2. The third-order valence-electron chi connectivity index (χ3n) is 6.38. The predicted octanol–water partition coefficient (Wildman–Crippen LogP) is 3.17. The number of hydrogen-bond donors (Lipinski definition) is 0. The Bertz CT molecular complexity index is 1080. The number of piperazine rings is 1. The molecule has 0 saturated carbocycles. The van der Waals surface area contributed by atoms with Gasteiger partial charge in [-0.25, -0.2) is 4.98 Å². The molecule has 2 fully saturated rings. The maximum atomic E-state index is 13.0. The van der Waals surface area contributed by atoms with Gasteiger partial charge in [-0.15, -0.1) is 0 Å². The van der Waals surface area contributed by atoms with E-state index in [1.807, 2.05) is 4.90 Å². The van der Waals surface area contributed by atoms with Gasteiger partial charge >= 0.3 is 6.18 Å². The van der Waals surface area contributed by atoms with Crippen LogP contribution in [-0.2, 0) is 11.0 Å². The Morgan fingerprint density at radius 3 is 2.18 bits per heavy atom. The maximum Gasteiger partial charge on any atom is 0.416 e. The van der Waals surface area contributed by atoms with Crippen molar-refractivity contribution in [1.82, 2.24) is 14.8 Å². The molecule has 2 aliphatic rings. The van der Waals surface area contributed by atoms with Crippen molar-refractivity contribution in [3.8, 4) is 6.07 Å². The number of alkyl halides is 3. The normalized spacial score (nSPS) is 17.4. The van der Waals surface area contributed by atoms with E-state index in [0.29, 0.717) is 57.7 Å². The molecule has 4 rings (SSSR count). The van der Waals surface area contributed by atoms with Gasteiger partial charge in [0.1, 0.15) is 5.82 Å². The summed E-state index contributed by atoms with van der Waals surface area (Å²) in [5, 5.41) is 9.06. The molecule has 178 valence electrons. The number of benzene rings is 1. The number of likely N-dealkylation sites (tertiary alicyclic amines) is 1. The third kappa shape index (κ3) is 5.14. The van der Waals surface area contributed by atoms with E-state index < -0.39 is 11.7 Å². The summed E-state index contributed by atoms with van der Waals surface area (Å²) >= 11 is 0. The van der Waals surface area contributed by atoms with Crippen LogP contribution in [0, 0.1) is 17.2 Å². The summed E-state index contributed by atoms with van der Waals surface area (Å²) in [5.74, 6) is 0.296. The second-order valence-corrected chi connectivity index (χ2v) is 8.47. The summed E-state index contributed by atoms with van der Waals surface area (Å²) < 4.78 is 38.2. The van der Waals surface area contributed by atoms with Crippen LogP contribution >= 0.6 is 0 Å². The van der Waals surface area contributed by atoms with Crippen LogP contribution in [0.5, 0.6) is 0 Å². The number of nitriles is 1. The largest absolute Gasteiger partial charge is 0.416 e. The Morgan fingerprint density at radius 2 is 1.59 bits per heavy atom. The van der Waals surface area contributed by atoms with Crippen molar-refractivity contribution >= 4 is 17.6 Å². The summed E-state index contributed by atoms with van der Waals surface area (Å²) in [5.41, 5.74) is -0.0360. The van der Waals surface area contributed by atoms with Crippen molar-refractivity contribution in [2.75, 3.05) is 44.2 Å². The molecule has 0 spiro atoms. The molecule has 1 aromatic carbocycles. The number of piperidine rings is 1. The van der Waals surface area contributed by atoms with Crippen molar-refractivity contribution in [2.45, 2.75) is 19.0 Å². The van der Waals surface area contributed by atoms with Gasteiger partial charge in [0.25, 0.3) is 5.91 Å². The second-order valence-electron chi connectivity index (χ2n) is 8.47. The van der Waals surface area contributed by atoms with Crippen molar-refractivity contribution in [3.05, 3.63) is 59.3 Å². The number of anilines is 1. The number of pyridine rings is 1. The Hall–Kier alpha value is -3.61. The SMILES string of the molecule is N#Cc1ccnc(N2CCN(C(=O)C3CCN(C(=O)c4ccc(C(F)(F)F)cc4)CC3)CC2)c1. The van der Waals surface area contributed by atoms with Crippen LogP contribution in [0.4, 0.5) is 19.0 Å². The summed E-state index contributed by atoms with van der Waals surface area (Å²) in [6.07, 6.45) is -1.79. The first kappa shape index (κ1) is 23.5. The molecule has 0 N–H and O–H groups in total. The lowest BCUT2D eigenvalue weighted by molar-refractivity contribution is -0.138. The van der Waals surface area contributed by atoms with Gasteiger partial charge in [-0.3, -0.25) is 9.59 Å². The minimum Gasteiger partial charge on any atom is -0.353 e. The first-order valence-corrected chi connectivity index (χ1v) is 11.1. The topological polar surface area (TPSA) is 80.5 Å². The highest BCUT2D eigenvalue weighted by molar-refractivity contribution is 5.94. The molecule has 10 heteroatoms. The van der Waals surface area contributed by atoms with Crippen molar-refractivity contribution in [3.63, 3.8) is 0 Å². The summed E-state index contributed by atoms with van der Waals surface area (Å²) in [6, 6.07) is 9.71. The van der Waals surface area contributed by atoms with E-state index >= 15 is 0 Å². The van der Waals surface area contributed by atoms with Crippen LogP contribution in [0.3, 0.4) is 0 Å². The van der Waals surface area contributed by atoms with Gasteiger partial charge in [0.05, 0.1) is 17.2 Å². The van der Waals surface area contributed by atoms with Crippen LogP contribution in [0.2, 0.25) is 0 Å². The van der Waals surface area contributed by atoms with Crippen molar-refractivity contribution in [1.29, 1.82) is 5.26 Å². The lowest BCUT2D eigenvalue weighted by Crippen LogP contribution is -2.52. The molecule has 2 aromatic rings. The van der Waals surface area contributed by atoms with E-state index in [2.05, 4.69) is 16.0 Å². The quantitative estimate of drug-likeness (QED) is 0.687. The molecule has 1 aromatic heterocycles. The molecule has 7 nitrogen and oxygen atoms in total. The van der Waals surface area contributed by atoms with Crippen LogP contribution in [0.1, 0.15) is 34.3 Å². The minimum absolute atomic E-state index is 0.0695. The standard InChI is InChI=1S/C24H24F3N5O2/c25-24(26,27)20-3-1-18(2-4-20)22(33)31-9-6-19(7-10-31)23(34)32-13-11-30(12-14-32)21-15-17(16-28)5-8-29-21/h1-5,8,15,19H,6-7,9-14H2. The number of nitrogens with zero attached hydrogens (tertiary/aromatic N) is 5. The number of carbonyl (C=O) groups is 2. The van der Waals surface area contributed by atoms with Gasteiger partial charge in [0.2, 0.25) is 5.91 Å². The van der Waals surface area contributed by atoms with Crippen LogP contribution in [0.15, 0.2) is 42.6 Å². The lowest BCUT2D eigenvalue weighted by Gasteiger charge is -2.39. The molecule has 3 heterocycles. The predicted molar refractivity (Wildman–Crippen MR) is 118 cm³/mol. The Balaban J connectivity index is 1.27. The van der Waals surface area contributed by atoms with Gasteiger partial charge in [-0.05, 0) is 49.2 Å². The molecule has 34 heavy (non-hydrogen) atoms. The number of rotatable bonds is 3. The lowest BCUT2D eigenvalue weighted by atomic mass is 9.94. The highest BCUT2D eigenvalue weighted by Gasteiger charge is 2.33. The molecule has 0 unspecified atom stereocenters. The average Bonchev–Trinajstić information content (AvgIpc) is 2.87. The second kappa shape index (κ2) is 9.71. The van der Waals surface area contributed by atoms with E-state index in [0.717, 1.165) is 18.0 Å². The summed E-state index contributed by atoms with van der Waals surface area (Å²) in [7, 11) is 0. The van der Waals surface area contributed by atoms with E-state index in [4.69, 9.17) is 5.26 Å². The van der Waals surface area contributed by atoms with Crippen LogP contribution in [0.25, 0.3) is 0 Å². The molecule has 2 amide bonds. The van der Waals surface area contributed by atoms with Gasteiger partial charge in [-0.1, -0.05) is 0 Å². The zero-order valence-electron chi connectivity index (χ0n) is 18.5. The molecular formula is C24H24F3N5O2. The molecule has 0 aliphatic carbocycles. The van der Waals surface area contributed by atoms with Gasteiger partial charge < -0.3 is 14.7 Å². The van der Waals surface area contributed by atoms with E-state index in [1.165, 1.54) is 12.1 Å². The van der Waals surface area contributed by atoms with Gasteiger partial charge in [0.15, 0.2) is 0 Å². The number of halogens is 3. The molecule has 0 bridgehead atoms. The summed E-state index contributed by atoms with van der Waals surface area (Å²) in [4.78, 5) is 35.5. The number of carbonyl (C=O) groups excluding carboxylic acids is 2. The fourth-order valence-electron chi connectivity index (χ4n) is 4.39. The number of hydrogen-bond acceptors (Lipinski definition) is 5. The summed E-state index contributed by atoms with van der Waals surface area (Å²) in [6.45, 7) is 3.14. The Labute approximate surface area is 195 Å². The Morgan fingerprint density at radius 1 is 0.941 bits per heavy atom. The van der Waals surface area contributed by atoms with E-state index in [-0.39, 0.29) is 23.3 Å². The maximum absolute atomic E-state index is 13.0. The van der Waals surface area contributed by atoms with Crippen LogP contribution in [-0.4, -0.2) is 65.9 Å². The molecule has 0 atom stereocenters. The number of aromatic nitrogens is 1. The van der Waals surface area contributed by atoms with E-state index in [9.17, 15) is 22.8 Å². The zero-order valence-corrected chi connectivity index (χ0v) is 18.5. The highest BCUT2D eigenvalue weighted by atomic mass is 19.4. The highest BCUT2D eigenvalue weighted by Crippen LogP contribution is 2.29. The molecule has 2 aliphatic heterocycles. The van der Waals surface area contributed by atoms with E-state index in [1.54, 1.807) is 23.2 Å². The van der Waals surface area contributed by atoms with Crippen LogP contribution < -0.4 is 4.90 Å². The fraction of sp³-hybridized carbons (Fsp3) is 0.417. The first-order valence-electron chi connectivity index (χ1n) is 11.1. The minimum atomic E-state index is -4.44. The molecule has 2 saturated heterocycles. The smallest absolute Gasteiger partial charge is 0.353 e. The fourth-order valence-corrected chi connectivity index (χ4v) is 4.39. The van der Waals surface area contributed by atoms with Crippen molar-refractivity contribution < 1.29 is 22.8 Å². The Kier molecular flexibility index (Phi) is 6.72. The molecule has 0 radical (unpaired) electrons.